The molecule has 7 heteroatoms. The summed E-state index contributed by atoms with van der Waals surface area (Å²) in [6, 6.07) is 4.07. The lowest BCUT2D eigenvalue weighted by atomic mass is 10.2. The third kappa shape index (κ3) is 4.35. The van der Waals surface area contributed by atoms with Crippen molar-refractivity contribution >= 4 is 35.0 Å². The van der Waals surface area contributed by atoms with Crippen molar-refractivity contribution in [1.29, 1.82) is 0 Å². The summed E-state index contributed by atoms with van der Waals surface area (Å²) in [6.45, 7) is 2.02. The Balaban J connectivity index is 1.87. The molecular formula is C15H19Cl2N3O2. The molecule has 1 saturated carbocycles. The third-order valence-electron chi connectivity index (χ3n) is 3.68. The molecule has 0 heterocycles. The average molecular weight is 344 g/mol. The molecule has 1 aliphatic rings. The first-order chi connectivity index (χ1) is 10.4. The summed E-state index contributed by atoms with van der Waals surface area (Å²) in [5.41, 5.74) is 6.16. The Labute approximate surface area is 139 Å². The molecule has 0 radical (unpaired) electrons. The summed E-state index contributed by atoms with van der Waals surface area (Å²) in [4.78, 5) is 24.1. The van der Waals surface area contributed by atoms with E-state index < -0.39 is 11.9 Å². The number of carbonyl (C=O) groups excluding carboxylic acids is 2. The monoisotopic (exact) mass is 343 g/mol. The van der Waals surface area contributed by atoms with Gasteiger partial charge < -0.3 is 16.4 Å². The fourth-order valence-electron chi connectivity index (χ4n) is 2.08. The van der Waals surface area contributed by atoms with Crippen molar-refractivity contribution in [3.63, 3.8) is 0 Å². The minimum absolute atomic E-state index is 0.0192. The molecule has 1 aliphatic carbocycles. The number of amides is 2. The number of halogens is 2. The van der Waals surface area contributed by atoms with Crippen LogP contribution >= 0.6 is 23.2 Å². The van der Waals surface area contributed by atoms with E-state index >= 15 is 0 Å². The summed E-state index contributed by atoms with van der Waals surface area (Å²) in [5.74, 6) is -0.209. The van der Waals surface area contributed by atoms with E-state index in [0.717, 1.165) is 12.8 Å². The predicted octanol–water partition coefficient (Wildman–Crippen LogP) is 1.97. The normalized spacial score (nSPS) is 16.7. The van der Waals surface area contributed by atoms with E-state index in [1.54, 1.807) is 25.1 Å². The molecule has 0 aliphatic heterocycles. The van der Waals surface area contributed by atoms with Crippen molar-refractivity contribution in [2.75, 3.05) is 6.54 Å². The lowest BCUT2D eigenvalue weighted by molar-refractivity contribution is -0.122. The third-order valence-corrected chi connectivity index (χ3v) is 4.50. The summed E-state index contributed by atoms with van der Waals surface area (Å²) in [5, 5.41) is 5.81. The van der Waals surface area contributed by atoms with Crippen molar-refractivity contribution in [2.45, 2.75) is 31.8 Å². The second-order valence-corrected chi connectivity index (χ2v) is 6.33. The van der Waals surface area contributed by atoms with Gasteiger partial charge in [-0.2, -0.15) is 0 Å². The van der Waals surface area contributed by atoms with E-state index in [2.05, 4.69) is 10.6 Å². The number of nitrogens with one attached hydrogen (secondary N) is 2. The van der Waals surface area contributed by atoms with Gasteiger partial charge in [0.1, 0.15) is 6.04 Å². The molecule has 1 fully saturated rings. The molecule has 0 saturated heterocycles. The van der Waals surface area contributed by atoms with E-state index in [0.29, 0.717) is 17.5 Å². The highest BCUT2D eigenvalue weighted by atomic mass is 35.5. The van der Waals surface area contributed by atoms with Crippen molar-refractivity contribution in [1.82, 2.24) is 10.6 Å². The number of rotatable bonds is 6. The Kier molecular flexibility index (Phi) is 5.67. The van der Waals surface area contributed by atoms with Crippen molar-refractivity contribution < 1.29 is 9.59 Å². The van der Waals surface area contributed by atoms with Crippen LogP contribution in [-0.2, 0) is 4.79 Å². The van der Waals surface area contributed by atoms with Gasteiger partial charge in [-0.1, -0.05) is 29.3 Å². The van der Waals surface area contributed by atoms with Gasteiger partial charge in [-0.15, -0.1) is 0 Å². The van der Waals surface area contributed by atoms with Gasteiger partial charge in [-0.05, 0) is 37.8 Å². The Bertz CT molecular complexity index is 576. The zero-order chi connectivity index (χ0) is 16.3. The topological polar surface area (TPSA) is 84.2 Å². The molecule has 2 rings (SSSR count). The maximum Gasteiger partial charge on any atom is 0.253 e. The molecular weight excluding hydrogens is 325 g/mol. The standard InChI is InChI=1S/C15H19Cl2N3O2/c1-8(14(21)19-7-12(18)9-5-6-9)20-15(22)10-3-2-4-11(16)13(10)17/h2-4,8-9,12H,5-7,18H2,1H3,(H,19,21)(H,20,22). The van der Waals surface area contributed by atoms with E-state index in [-0.39, 0.29) is 22.5 Å². The predicted molar refractivity (Wildman–Crippen MR) is 87.1 cm³/mol. The van der Waals surface area contributed by atoms with Crippen molar-refractivity contribution in [3.8, 4) is 0 Å². The van der Waals surface area contributed by atoms with Crippen LogP contribution in [0.3, 0.4) is 0 Å². The van der Waals surface area contributed by atoms with E-state index in [4.69, 9.17) is 28.9 Å². The van der Waals surface area contributed by atoms with Gasteiger partial charge in [0.2, 0.25) is 5.91 Å². The van der Waals surface area contributed by atoms with Gasteiger partial charge in [0.15, 0.2) is 0 Å². The second kappa shape index (κ2) is 7.31. The Hall–Kier alpha value is -1.30. The second-order valence-electron chi connectivity index (χ2n) is 5.54. The van der Waals surface area contributed by atoms with Crippen LogP contribution in [0.5, 0.6) is 0 Å². The summed E-state index contributed by atoms with van der Waals surface area (Å²) in [6.07, 6.45) is 2.24. The maximum atomic E-state index is 12.1. The maximum absolute atomic E-state index is 12.1. The van der Waals surface area contributed by atoms with Crippen LogP contribution in [0.4, 0.5) is 0 Å². The quantitative estimate of drug-likeness (QED) is 0.738. The highest BCUT2D eigenvalue weighted by molar-refractivity contribution is 6.43. The van der Waals surface area contributed by atoms with Crippen LogP contribution in [0.25, 0.3) is 0 Å². The first-order valence-electron chi connectivity index (χ1n) is 7.18. The van der Waals surface area contributed by atoms with Crippen LogP contribution < -0.4 is 16.4 Å². The van der Waals surface area contributed by atoms with E-state index in [1.165, 1.54) is 0 Å². The molecule has 120 valence electrons. The number of nitrogens with two attached hydrogens (primary N) is 1. The summed E-state index contributed by atoms with van der Waals surface area (Å²) in [7, 11) is 0. The minimum Gasteiger partial charge on any atom is -0.353 e. The summed E-state index contributed by atoms with van der Waals surface area (Å²) >= 11 is 11.9. The highest BCUT2D eigenvalue weighted by Gasteiger charge is 2.29. The molecule has 2 unspecified atom stereocenters. The average Bonchev–Trinajstić information content (AvgIpc) is 3.31. The van der Waals surface area contributed by atoms with Gasteiger partial charge in [-0.25, -0.2) is 0 Å². The van der Waals surface area contributed by atoms with Gasteiger partial charge in [0.05, 0.1) is 15.6 Å². The van der Waals surface area contributed by atoms with Gasteiger partial charge in [0.25, 0.3) is 5.91 Å². The highest BCUT2D eigenvalue weighted by Crippen LogP contribution is 2.31. The molecule has 2 amide bonds. The molecule has 0 bridgehead atoms. The Morgan fingerprint density at radius 3 is 2.68 bits per heavy atom. The first-order valence-corrected chi connectivity index (χ1v) is 7.94. The zero-order valence-corrected chi connectivity index (χ0v) is 13.7. The largest absolute Gasteiger partial charge is 0.353 e. The smallest absolute Gasteiger partial charge is 0.253 e. The van der Waals surface area contributed by atoms with Crippen molar-refractivity contribution in [3.05, 3.63) is 33.8 Å². The number of benzene rings is 1. The fourth-order valence-corrected chi connectivity index (χ4v) is 2.47. The molecule has 5 nitrogen and oxygen atoms in total. The van der Waals surface area contributed by atoms with Crippen LogP contribution in [0.2, 0.25) is 10.0 Å². The molecule has 1 aromatic carbocycles. The summed E-state index contributed by atoms with van der Waals surface area (Å²) < 4.78 is 0. The lowest BCUT2D eigenvalue weighted by Gasteiger charge is -2.17. The number of carbonyl (C=O) groups is 2. The molecule has 22 heavy (non-hydrogen) atoms. The Morgan fingerprint density at radius 2 is 2.05 bits per heavy atom. The van der Waals surface area contributed by atoms with E-state index in [1.807, 2.05) is 0 Å². The first kappa shape index (κ1) is 17.1. The van der Waals surface area contributed by atoms with Gasteiger partial charge >= 0.3 is 0 Å². The SMILES string of the molecule is CC(NC(=O)c1cccc(Cl)c1Cl)C(=O)NCC(N)C1CC1. The lowest BCUT2D eigenvalue weighted by Crippen LogP contribution is -2.48. The van der Waals surface area contributed by atoms with Crippen LogP contribution in [0.1, 0.15) is 30.1 Å². The van der Waals surface area contributed by atoms with Crippen LogP contribution in [-0.4, -0.2) is 30.4 Å². The molecule has 4 N–H and O–H groups in total. The van der Waals surface area contributed by atoms with Crippen LogP contribution in [0.15, 0.2) is 18.2 Å². The Morgan fingerprint density at radius 1 is 1.36 bits per heavy atom. The van der Waals surface area contributed by atoms with Gasteiger partial charge in [0, 0.05) is 12.6 Å². The molecule has 0 spiro atoms. The number of hydrogen-bond donors (Lipinski definition) is 3. The molecule has 0 aromatic heterocycles. The fraction of sp³-hybridized carbons (Fsp3) is 0.467. The van der Waals surface area contributed by atoms with Gasteiger partial charge in [-0.3, -0.25) is 9.59 Å². The number of hydrogen-bond acceptors (Lipinski definition) is 3. The molecule has 2 atom stereocenters. The zero-order valence-electron chi connectivity index (χ0n) is 12.2. The van der Waals surface area contributed by atoms with Crippen molar-refractivity contribution in [2.24, 2.45) is 11.7 Å². The molecule has 1 aromatic rings. The van der Waals surface area contributed by atoms with Crippen LogP contribution in [0, 0.1) is 5.92 Å². The van der Waals surface area contributed by atoms with E-state index in [9.17, 15) is 9.59 Å². The minimum atomic E-state index is -0.686.